The molecule has 4 amide bonds. The average molecular weight is 507 g/mol. The van der Waals surface area contributed by atoms with Crippen molar-refractivity contribution in [3.05, 3.63) is 35.4 Å². The Kier molecular flexibility index (Phi) is 7.21. The van der Waals surface area contributed by atoms with Gasteiger partial charge in [-0.25, -0.2) is 17.9 Å². The predicted molar refractivity (Wildman–Crippen MR) is 129 cm³/mol. The molecule has 0 bridgehead atoms. The van der Waals surface area contributed by atoms with Gasteiger partial charge in [0, 0.05) is 43.9 Å². The van der Waals surface area contributed by atoms with Crippen LogP contribution in [0.2, 0.25) is 0 Å². The monoisotopic (exact) mass is 506 g/mol. The number of hydrogen-bond donors (Lipinski definition) is 3. The van der Waals surface area contributed by atoms with Crippen LogP contribution in [0.4, 0.5) is 4.79 Å². The Morgan fingerprint density at radius 2 is 1.86 bits per heavy atom. The molecule has 2 saturated carbocycles. The largest absolute Gasteiger partial charge is 0.396 e. The first-order valence-corrected chi connectivity index (χ1v) is 13.7. The fourth-order valence-corrected chi connectivity index (χ4v) is 6.92. The number of carbonyl (C=O) groups is 3. The van der Waals surface area contributed by atoms with Gasteiger partial charge in [-0.05, 0) is 63.1 Å². The third-order valence-electron chi connectivity index (χ3n) is 7.36. The molecule has 1 saturated heterocycles. The number of benzene rings is 1. The van der Waals surface area contributed by atoms with Crippen LogP contribution >= 0.6 is 0 Å². The minimum atomic E-state index is -3.56. The zero-order valence-corrected chi connectivity index (χ0v) is 21.0. The van der Waals surface area contributed by atoms with Crippen LogP contribution in [0.25, 0.3) is 0 Å². The standard InChI is InChI=1S/C24H34N4O6S/c1-24(10-11-24)26-35(33,34)18-8-9-20-19(14-18)22(31)27(2)23(32)28(20)15-16-4-6-17(7-5-16)21(30)25-12-3-13-29/h4-7,18-20,26,29H,3,8-15H2,1-2H3,(H,25,30). The number of carbonyl (C=O) groups excluding carboxylic acids is 3. The second kappa shape index (κ2) is 9.87. The number of nitrogens with one attached hydrogen (secondary N) is 2. The molecule has 3 fully saturated rings. The molecule has 1 heterocycles. The Balaban J connectivity index is 1.45. The lowest BCUT2D eigenvalue weighted by atomic mass is 9.80. The fourth-order valence-electron chi connectivity index (χ4n) is 4.96. The number of amides is 4. The number of aliphatic hydroxyl groups is 1. The summed E-state index contributed by atoms with van der Waals surface area (Å²) in [7, 11) is -2.12. The number of imide groups is 1. The highest BCUT2D eigenvalue weighted by Gasteiger charge is 2.51. The van der Waals surface area contributed by atoms with Crippen LogP contribution in [0.3, 0.4) is 0 Å². The quantitative estimate of drug-likeness (QED) is 0.431. The van der Waals surface area contributed by atoms with E-state index in [9.17, 15) is 22.8 Å². The van der Waals surface area contributed by atoms with Gasteiger partial charge in [0.1, 0.15) is 0 Å². The minimum absolute atomic E-state index is 0.00472. The van der Waals surface area contributed by atoms with Crippen molar-refractivity contribution in [2.75, 3.05) is 20.2 Å². The first-order valence-electron chi connectivity index (χ1n) is 12.1. The zero-order chi connectivity index (χ0) is 25.4. The van der Waals surface area contributed by atoms with E-state index in [2.05, 4.69) is 10.0 Å². The molecule has 1 aromatic rings. The van der Waals surface area contributed by atoms with Gasteiger partial charge < -0.3 is 15.3 Å². The molecule has 3 N–H and O–H groups in total. The van der Waals surface area contributed by atoms with Crippen LogP contribution in [0.5, 0.6) is 0 Å². The highest BCUT2D eigenvalue weighted by molar-refractivity contribution is 7.90. The van der Waals surface area contributed by atoms with Crippen LogP contribution < -0.4 is 10.0 Å². The molecule has 3 aliphatic rings. The van der Waals surface area contributed by atoms with E-state index in [4.69, 9.17) is 5.11 Å². The molecule has 3 atom stereocenters. The van der Waals surface area contributed by atoms with Gasteiger partial charge in [-0.3, -0.25) is 14.5 Å². The summed E-state index contributed by atoms with van der Waals surface area (Å²) in [6, 6.07) is 6.14. The van der Waals surface area contributed by atoms with Crippen LogP contribution in [0.1, 0.15) is 61.4 Å². The Morgan fingerprint density at radius 3 is 2.49 bits per heavy atom. The van der Waals surface area contributed by atoms with E-state index < -0.39 is 27.2 Å². The van der Waals surface area contributed by atoms with Crippen LogP contribution in [-0.4, -0.2) is 78.2 Å². The molecule has 11 heteroatoms. The van der Waals surface area contributed by atoms with Crippen molar-refractivity contribution >= 4 is 27.9 Å². The molecular weight excluding hydrogens is 472 g/mol. The normalized spacial score (nSPS) is 25.9. The van der Waals surface area contributed by atoms with Crippen molar-refractivity contribution < 1.29 is 27.9 Å². The molecular formula is C24H34N4O6S. The topological polar surface area (TPSA) is 136 Å². The van der Waals surface area contributed by atoms with Gasteiger partial charge in [-0.1, -0.05) is 12.1 Å². The summed E-state index contributed by atoms with van der Waals surface area (Å²) in [5, 5.41) is 10.9. The summed E-state index contributed by atoms with van der Waals surface area (Å²) in [5.74, 6) is -1.14. The number of urea groups is 1. The maximum atomic E-state index is 13.0. The first kappa shape index (κ1) is 25.6. The minimum Gasteiger partial charge on any atom is -0.396 e. The van der Waals surface area contributed by atoms with Gasteiger partial charge >= 0.3 is 6.03 Å². The Morgan fingerprint density at radius 1 is 1.17 bits per heavy atom. The highest BCUT2D eigenvalue weighted by atomic mass is 32.2. The predicted octanol–water partition coefficient (Wildman–Crippen LogP) is 1.20. The molecule has 1 aliphatic heterocycles. The Hall–Kier alpha value is -2.50. The molecule has 3 unspecified atom stereocenters. The maximum absolute atomic E-state index is 13.0. The van der Waals surface area contributed by atoms with Crippen LogP contribution in [0.15, 0.2) is 24.3 Å². The summed E-state index contributed by atoms with van der Waals surface area (Å²) in [5.41, 5.74) is 0.918. The molecule has 35 heavy (non-hydrogen) atoms. The van der Waals surface area contributed by atoms with Crippen molar-refractivity contribution in [2.45, 2.75) is 68.8 Å². The Bertz CT molecular complexity index is 1090. The molecule has 192 valence electrons. The van der Waals surface area contributed by atoms with E-state index in [0.717, 1.165) is 23.3 Å². The van der Waals surface area contributed by atoms with Crippen molar-refractivity contribution in [1.29, 1.82) is 0 Å². The van der Waals surface area contributed by atoms with Gasteiger partial charge in [0.25, 0.3) is 5.91 Å². The average Bonchev–Trinajstić information content (AvgIpc) is 3.56. The number of aliphatic hydroxyl groups excluding tert-OH is 1. The summed E-state index contributed by atoms with van der Waals surface area (Å²) >= 11 is 0. The highest BCUT2D eigenvalue weighted by Crippen LogP contribution is 2.40. The van der Waals surface area contributed by atoms with Gasteiger partial charge in [0.05, 0.1) is 11.2 Å². The molecule has 2 aliphatic carbocycles. The zero-order valence-electron chi connectivity index (χ0n) is 20.2. The second-order valence-corrected chi connectivity index (χ2v) is 12.1. The third-order valence-corrected chi connectivity index (χ3v) is 9.45. The molecule has 0 spiro atoms. The van der Waals surface area contributed by atoms with E-state index in [-0.39, 0.29) is 43.0 Å². The van der Waals surface area contributed by atoms with Crippen molar-refractivity contribution in [3.63, 3.8) is 0 Å². The number of fused-ring (bicyclic) bond motifs is 1. The second-order valence-electron chi connectivity index (χ2n) is 10.2. The number of sulfonamides is 1. The van der Waals surface area contributed by atoms with Gasteiger partial charge in [-0.2, -0.15) is 0 Å². The van der Waals surface area contributed by atoms with Gasteiger partial charge in [0.15, 0.2) is 0 Å². The molecule has 0 radical (unpaired) electrons. The van der Waals surface area contributed by atoms with Crippen LogP contribution in [0, 0.1) is 5.92 Å². The fraction of sp³-hybridized carbons (Fsp3) is 0.625. The van der Waals surface area contributed by atoms with E-state index in [1.165, 1.54) is 7.05 Å². The molecule has 10 nitrogen and oxygen atoms in total. The smallest absolute Gasteiger partial charge is 0.327 e. The SMILES string of the molecule is CN1C(=O)C2CC(S(=O)(=O)NC3(C)CC3)CCC2N(Cc2ccc(C(=O)NCCCO)cc2)C1=O. The van der Waals surface area contributed by atoms with Crippen LogP contribution in [-0.2, 0) is 21.4 Å². The lowest BCUT2D eigenvalue weighted by molar-refractivity contribution is -0.139. The molecule has 4 rings (SSSR count). The maximum Gasteiger partial charge on any atom is 0.327 e. The van der Waals surface area contributed by atoms with Gasteiger partial charge in [-0.15, -0.1) is 0 Å². The van der Waals surface area contributed by atoms with E-state index >= 15 is 0 Å². The van der Waals surface area contributed by atoms with E-state index in [1.54, 1.807) is 29.2 Å². The van der Waals surface area contributed by atoms with Gasteiger partial charge in [0.2, 0.25) is 15.9 Å². The summed E-state index contributed by atoms with van der Waals surface area (Å²) in [6.07, 6.45) is 3.13. The van der Waals surface area contributed by atoms with E-state index in [1.807, 2.05) is 6.92 Å². The molecule has 1 aromatic carbocycles. The molecule has 0 aromatic heterocycles. The van der Waals surface area contributed by atoms with E-state index in [0.29, 0.717) is 31.4 Å². The number of nitrogens with zero attached hydrogens (tertiary/aromatic N) is 2. The van der Waals surface area contributed by atoms with Crippen molar-refractivity contribution in [3.8, 4) is 0 Å². The first-order chi connectivity index (χ1) is 16.5. The summed E-state index contributed by atoms with van der Waals surface area (Å²) in [6.45, 7) is 2.54. The van der Waals surface area contributed by atoms with Crippen molar-refractivity contribution in [2.24, 2.45) is 5.92 Å². The number of hydrogen-bond acceptors (Lipinski definition) is 6. The third kappa shape index (κ3) is 5.52. The van der Waals surface area contributed by atoms with Crippen molar-refractivity contribution in [1.82, 2.24) is 19.8 Å². The Labute approximate surface area is 206 Å². The lowest BCUT2D eigenvalue weighted by Crippen LogP contribution is -2.62. The lowest BCUT2D eigenvalue weighted by Gasteiger charge is -2.47. The summed E-state index contributed by atoms with van der Waals surface area (Å²) in [4.78, 5) is 40.9. The summed E-state index contributed by atoms with van der Waals surface area (Å²) < 4.78 is 28.7. The number of rotatable bonds is 9.